The monoisotopic (exact) mass is 495 g/mol. The molecule has 4 saturated carbocycles. The van der Waals surface area contributed by atoms with E-state index in [0.717, 1.165) is 57.8 Å². The van der Waals surface area contributed by atoms with Gasteiger partial charge in [-0.25, -0.2) is 0 Å². The summed E-state index contributed by atoms with van der Waals surface area (Å²) in [6, 6.07) is 0. The van der Waals surface area contributed by atoms with E-state index in [1.807, 2.05) is 0 Å². The summed E-state index contributed by atoms with van der Waals surface area (Å²) in [5.41, 5.74) is 6.94. The van der Waals surface area contributed by atoms with E-state index in [1.165, 1.54) is 7.11 Å². The highest BCUT2D eigenvalue weighted by molar-refractivity contribution is 5.74. The molecule has 0 spiro atoms. The quantitative estimate of drug-likeness (QED) is 0.346. The van der Waals surface area contributed by atoms with Crippen molar-refractivity contribution in [1.82, 2.24) is 0 Å². The minimum Gasteiger partial charge on any atom is -0.469 e. The van der Waals surface area contributed by atoms with Gasteiger partial charge in [0, 0.05) is 5.54 Å². The minimum absolute atomic E-state index is 0.0465. The van der Waals surface area contributed by atoms with Gasteiger partial charge in [-0.15, -0.1) is 0 Å². The van der Waals surface area contributed by atoms with Crippen molar-refractivity contribution < 1.29 is 34.3 Å². The molecule has 0 amide bonds. The van der Waals surface area contributed by atoms with Crippen LogP contribution in [0.1, 0.15) is 78.6 Å². The van der Waals surface area contributed by atoms with Gasteiger partial charge < -0.3 is 35.3 Å². The van der Waals surface area contributed by atoms with Crippen molar-refractivity contribution in [2.24, 2.45) is 40.2 Å². The van der Waals surface area contributed by atoms with Gasteiger partial charge in [-0.1, -0.05) is 13.8 Å². The molecule has 1 saturated heterocycles. The van der Waals surface area contributed by atoms with Gasteiger partial charge in [-0.2, -0.15) is 0 Å². The summed E-state index contributed by atoms with van der Waals surface area (Å²) in [5, 5.41) is 30.5. The van der Waals surface area contributed by atoms with Gasteiger partial charge in [0.1, 0.15) is 18.3 Å². The molecule has 8 nitrogen and oxygen atoms in total. The normalized spacial score (nSPS) is 56.0. The molecule has 4 aliphatic carbocycles. The summed E-state index contributed by atoms with van der Waals surface area (Å²) in [5.74, 6) is 1.24. The third-order valence-corrected chi connectivity index (χ3v) is 11.6. The predicted octanol–water partition coefficient (Wildman–Crippen LogP) is 2.11. The zero-order valence-electron chi connectivity index (χ0n) is 21.7. The van der Waals surface area contributed by atoms with Crippen LogP contribution in [0.4, 0.5) is 0 Å². The summed E-state index contributed by atoms with van der Waals surface area (Å²) in [7, 11) is 1.49. The number of aliphatic hydroxyl groups excluding tert-OH is 3. The van der Waals surface area contributed by atoms with Gasteiger partial charge in [0.25, 0.3) is 0 Å². The van der Waals surface area contributed by atoms with E-state index in [9.17, 15) is 20.1 Å². The molecule has 0 aromatic heterocycles. The van der Waals surface area contributed by atoms with Gasteiger partial charge in [0.2, 0.25) is 0 Å². The Bertz CT molecular complexity index is 825. The number of methoxy groups -OCH3 is 1. The summed E-state index contributed by atoms with van der Waals surface area (Å²) in [4.78, 5) is 12.6. The number of carbonyl (C=O) groups is 1. The first-order valence-electron chi connectivity index (χ1n) is 13.7. The largest absolute Gasteiger partial charge is 0.469 e. The standard InChI is InChI=1S/C27H45NO7/c1-14-20(29)21(30)22(31)24(34-14)35-16-7-10-25(2)15(13-16)5-6-18-17(25)8-11-26(3)19(23(32)33-4)9-12-27(18,26)28/h14-22,24,29-31H,5-13,28H2,1-4H3/t14-,15?,16-,17?,18?,19+,20-,21+,22+,24-,25-,26+,27-/m0/s1. The number of hydrogen-bond acceptors (Lipinski definition) is 8. The average Bonchev–Trinajstić information content (AvgIpc) is 3.12. The van der Waals surface area contributed by atoms with Gasteiger partial charge in [0.05, 0.1) is 25.2 Å². The topological polar surface area (TPSA) is 131 Å². The van der Waals surface area contributed by atoms with Crippen molar-refractivity contribution in [3.8, 4) is 0 Å². The Hall–Kier alpha value is -0.770. The van der Waals surface area contributed by atoms with Crippen molar-refractivity contribution >= 4 is 5.97 Å². The average molecular weight is 496 g/mol. The molecular formula is C27H45NO7. The first-order valence-corrected chi connectivity index (χ1v) is 13.7. The Morgan fingerprint density at radius 3 is 2.40 bits per heavy atom. The van der Waals surface area contributed by atoms with E-state index in [4.69, 9.17) is 19.9 Å². The SMILES string of the molecule is COC(=O)[C@H]1CC[C@]2(N)C3CCC4C[C@@H](O[C@@H]5O[C@@H](C)[C@H](O)[C@@H](O)[C@H]5O)CC[C@]4(C)C3CC[C@]12C. The van der Waals surface area contributed by atoms with Crippen LogP contribution < -0.4 is 5.73 Å². The molecule has 5 fully saturated rings. The number of aliphatic hydroxyl groups is 3. The fourth-order valence-corrected chi connectivity index (χ4v) is 9.25. The van der Waals surface area contributed by atoms with Crippen molar-refractivity contribution in [2.75, 3.05) is 7.11 Å². The minimum atomic E-state index is -1.27. The first-order chi connectivity index (χ1) is 16.5. The van der Waals surface area contributed by atoms with E-state index in [0.29, 0.717) is 17.8 Å². The summed E-state index contributed by atoms with van der Waals surface area (Å²) >= 11 is 0. The van der Waals surface area contributed by atoms with Gasteiger partial charge >= 0.3 is 5.97 Å². The molecule has 5 N–H and O–H groups in total. The second kappa shape index (κ2) is 8.91. The van der Waals surface area contributed by atoms with Crippen LogP contribution >= 0.6 is 0 Å². The number of esters is 1. The number of rotatable bonds is 3. The third kappa shape index (κ3) is 3.73. The maximum absolute atomic E-state index is 12.6. The van der Waals surface area contributed by atoms with Crippen molar-refractivity contribution in [3.63, 3.8) is 0 Å². The highest BCUT2D eigenvalue weighted by atomic mass is 16.7. The van der Waals surface area contributed by atoms with E-state index < -0.39 is 30.7 Å². The fraction of sp³-hybridized carbons (Fsp3) is 0.963. The lowest BCUT2D eigenvalue weighted by Gasteiger charge is -2.64. The molecule has 1 aliphatic heterocycles. The second-order valence-corrected chi connectivity index (χ2v) is 12.8. The number of hydrogen-bond donors (Lipinski definition) is 4. The zero-order valence-corrected chi connectivity index (χ0v) is 21.7. The van der Waals surface area contributed by atoms with Crippen LogP contribution in [0.2, 0.25) is 0 Å². The molecule has 0 aromatic carbocycles. The van der Waals surface area contributed by atoms with Crippen LogP contribution in [0.15, 0.2) is 0 Å². The molecule has 35 heavy (non-hydrogen) atoms. The van der Waals surface area contributed by atoms with Crippen LogP contribution in [0.5, 0.6) is 0 Å². The van der Waals surface area contributed by atoms with Crippen LogP contribution in [0.3, 0.4) is 0 Å². The molecule has 13 atom stereocenters. The fourth-order valence-electron chi connectivity index (χ4n) is 9.25. The number of ether oxygens (including phenoxy) is 3. The number of fused-ring (bicyclic) bond motifs is 5. The van der Waals surface area contributed by atoms with Crippen LogP contribution in [0.25, 0.3) is 0 Å². The molecule has 1 heterocycles. The Labute approximate surface area is 208 Å². The molecule has 0 radical (unpaired) electrons. The lowest BCUT2D eigenvalue weighted by atomic mass is 9.42. The predicted molar refractivity (Wildman–Crippen MR) is 128 cm³/mol. The Balaban J connectivity index is 1.29. The van der Waals surface area contributed by atoms with Gasteiger partial charge in [-0.3, -0.25) is 4.79 Å². The van der Waals surface area contributed by atoms with Crippen LogP contribution in [0, 0.1) is 34.5 Å². The second-order valence-electron chi connectivity index (χ2n) is 12.8. The van der Waals surface area contributed by atoms with Crippen molar-refractivity contribution in [2.45, 2.75) is 121 Å². The smallest absolute Gasteiger partial charge is 0.309 e. The van der Waals surface area contributed by atoms with E-state index in [1.54, 1.807) is 6.92 Å². The van der Waals surface area contributed by atoms with E-state index in [-0.39, 0.29) is 34.4 Å². The van der Waals surface area contributed by atoms with Gasteiger partial charge in [0.15, 0.2) is 6.29 Å². The molecular weight excluding hydrogens is 450 g/mol. The molecule has 200 valence electrons. The molecule has 0 bridgehead atoms. The Kier molecular flexibility index (Phi) is 6.59. The van der Waals surface area contributed by atoms with E-state index in [2.05, 4.69) is 13.8 Å². The van der Waals surface area contributed by atoms with Gasteiger partial charge in [-0.05, 0) is 93.3 Å². The summed E-state index contributed by atoms with van der Waals surface area (Å²) in [6.45, 7) is 6.36. The Morgan fingerprint density at radius 1 is 0.943 bits per heavy atom. The highest BCUT2D eigenvalue weighted by Crippen LogP contribution is 2.68. The molecule has 3 unspecified atom stereocenters. The maximum Gasteiger partial charge on any atom is 0.309 e. The first kappa shape index (κ1) is 25.9. The lowest BCUT2D eigenvalue weighted by Crippen LogP contribution is -2.67. The third-order valence-electron chi connectivity index (χ3n) is 11.6. The highest BCUT2D eigenvalue weighted by Gasteiger charge is 2.67. The maximum atomic E-state index is 12.6. The van der Waals surface area contributed by atoms with E-state index >= 15 is 0 Å². The number of nitrogens with two attached hydrogens (primary N) is 1. The molecule has 5 rings (SSSR count). The molecule has 0 aromatic rings. The lowest BCUT2D eigenvalue weighted by molar-refractivity contribution is -0.309. The van der Waals surface area contributed by atoms with Crippen LogP contribution in [-0.2, 0) is 19.0 Å². The molecule has 5 aliphatic rings. The van der Waals surface area contributed by atoms with Crippen molar-refractivity contribution in [3.05, 3.63) is 0 Å². The zero-order chi connectivity index (χ0) is 25.3. The number of carbonyl (C=O) groups excluding carboxylic acids is 1. The summed E-state index contributed by atoms with van der Waals surface area (Å²) in [6.07, 6.45) is 3.50. The van der Waals surface area contributed by atoms with Crippen LogP contribution in [-0.4, -0.2) is 70.7 Å². The van der Waals surface area contributed by atoms with Crippen molar-refractivity contribution in [1.29, 1.82) is 0 Å². The molecule has 8 heteroatoms. The Morgan fingerprint density at radius 2 is 1.69 bits per heavy atom. The summed E-state index contributed by atoms with van der Waals surface area (Å²) < 4.78 is 17.1.